The van der Waals surface area contributed by atoms with Crippen molar-refractivity contribution in [3.8, 4) is 0 Å². The Kier molecular flexibility index (Phi) is 3.46. The molecule has 1 aliphatic rings. The van der Waals surface area contributed by atoms with Gasteiger partial charge in [0, 0.05) is 20.1 Å². The number of nitrogens with two attached hydrogens (primary N) is 1. The molecule has 94 valence electrons. The highest BCUT2D eigenvalue weighted by atomic mass is 15.2. The molecule has 0 unspecified atom stereocenters. The number of fused-ring (bicyclic) bond motifs is 1. The van der Waals surface area contributed by atoms with E-state index in [2.05, 4.69) is 45.7 Å². The summed E-state index contributed by atoms with van der Waals surface area (Å²) in [4.78, 5) is 10.2. The minimum absolute atomic E-state index is 0.283. The van der Waals surface area contributed by atoms with Crippen LogP contribution in [0.15, 0.2) is 46.5 Å². The fourth-order valence-electron chi connectivity index (χ4n) is 2.04. The van der Waals surface area contributed by atoms with Crippen molar-refractivity contribution in [1.82, 2.24) is 4.90 Å². The summed E-state index contributed by atoms with van der Waals surface area (Å²) in [6, 6.07) is 8.43. The van der Waals surface area contributed by atoms with E-state index in [1.165, 1.54) is 11.1 Å². The lowest BCUT2D eigenvalue weighted by molar-refractivity contribution is 0.382. The van der Waals surface area contributed by atoms with Gasteiger partial charge in [0.15, 0.2) is 0 Å². The molecule has 0 bridgehead atoms. The summed E-state index contributed by atoms with van der Waals surface area (Å²) in [5.74, 6) is 0.283. The van der Waals surface area contributed by atoms with Gasteiger partial charge in [0.05, 0.1) is 11.4 Å². The highest BCUT2D eigenvalue weighted by Gasteiger charge is 2.20. The molecular formula is C14H18N4. The predicted octanol–water partition coefficient (Wildman–Crippen LogP) is 1.92. The van der Waals surface area contributed by atoms with Crippen molar-refractivity contribution in [2.24, 2.45) is 15.7 Å². The maximum atomic E-state index is 5.60. The van der Waals surface area contributed by atoms with Crippen LogP contribution in [0.5, 0.6) is 0 Å². The minimum atomic E-state index is 0.283. The summed E-state index contributed by atoms with van der Waals surface area (Å²) in [5, 5.41) is 0. The lowest BCUT2D eigenvalue weighted by Crippen LogP contribution is -2.22. The summed E-state index contributed by atoms with van der Waals surface area (Å²) in [6.45, 7) is 7.76. The normalized spacial score (nSPS) is 15.8. The molecule has 0 radical (unpaired) electrons. The van der Waals surface area contributed by atoms with Crippen LogP contribution in [0.4, 0.5) is 0 Å². The molecule has 0 aliphatic carbocycles. The topological polar surface area (TPSA) is 54.0 Å². The Bertz CT molecular complexity index is 503. The average molecular weight is 242 g/mol. The zero-order chi connectivity index (χ0) is 13.1. The van der Waals surface area contributed by atoms with Crippen molar-refractivity contribution >= 4 is 11.7 Å². The largest absolute Gasteiger partial charge is 0.368 e. The molecule has 1 aromatic rings. The first-order valence-electron chi connectivity index (χ1n) is 5.90. The summed E-state index contributed by atoms with van der Waals surface area (Å²) in [7, 11) is 1.63. The highest BCUT2D eigenvalue weighted by Crippen LogP contribution is 2.25. The smallest absolute Gasteiger partial charge is 0.215 e. The van der Waals surface area contributed by atoms with Gasteiger partial charge in [-0.1, -0.05) is 30.8 Å². The number of allylic oxidation sites excluding steroid dienone is 1. The monoisotopic (exact) mass is 242 g/mol. The van der Waals surface area contributed by atoms with Crippen molar-refractivity contribution in [2.45, 2.75) is 20.0 Å². The molecule has 0 aromatic heterocycles. The van der Waals surface area contributed by atoms with Crippen LogP contribution >= 0.6 is 0 Å². The maximum Gasteiger partial charge on any atom is 0.215 e. The molecule has 0 atom stereocenters. The molecule has 0 saturated carbocycles. The van der Waals surface area contributed by atoms with E-state index in [0.29, 0.717) is 0 Å². The number of guanidine groups is 1. The lowest BCUT2D eigenvalue weighted by Gasteiger charge is -2.20. The van der Waals surface area contributed by atoms with Crippen LogP contribution in [-0.4, -0.2) is 23.6 Å². The van der Waals surface area contributed by atoms with Crippen molar-refractivity contribution in [2.75, 3.05) is 7.05 Å². The average Bonchev–Trinajstić information content (AvgIpc) is 2.81. The quantitative estimate of drug-likeness (QED) is 0.636. The zero-order valence-corrected chi connectivity index (χ0v) is 10.8. The van der Waals surface area contributed by atoms with Gasteiger partial charge in [-0.15, -0.1) is 0 Å². The summed E-state index contributed by atoms with van der Waals surface area (Å²) >= 11 is 0. The van der Waals surface area contributed by atoms with Crippen molar-refractivity contribution in [1.29, 1.82) is 0 Å². The summed E-state index contributed by atoms with van der Waals surface area (Å²) < 4.78 is 0. The Morgan fingerprint density at radius 3 is 2.33 bits per heavy atom. The zero-order valence-electron chi connectivity index (χ0n) is 10.8. The number of aliphatic imine (C=N–C) groups is 2. The third kappa shape index (κ3) is 2.42. The Balaban J connectivity index is 2.12. The van der Waals surface area contributed by atoms with Crippen LogP contribution in [0.2, 0.25) is 0 Å². The Morgan fingerprint density at radius 1 is 1.28 bits per heavy atom. The third-order valence-corrected chi connectivity index (χ3v) is 3.15. The van der Waals surface area contributed by atoms with E-state index in [1.807, 2.05) is 6.92 Å². The summed E-state index contributed by atoms with van der Waals surface area (Å²) in [5.41, 5.74) is 10.0. The van der Waals surface area contributed by atoms with Gasteiger partial charge in [-0.3, -0.25) is 4.99 Å². The third-order valence-electron chi connectivity index (χ3n) is 3.15. The maximum absolute atomic E-state index is 5.60. The fourth-order valence-corrected chi connectivity index (χ4v) is 2.04. The Morgan fingerprint density at radius 2 is 1.83 bits per heavy atom. The van der Waals surface area contributed by atoms with Crippen LogP contribution in [-0.2, 0) is 13.1 Å². The van der Waals surface area contributed by atoms with Gasteiger partial charge < -0.3 is 10.6 Å². The van der Waals surface area contributed by atoms with Crippen LogP contribution in [0, 0.1) is 0 Å². The van der Waals surface area contributed by atoms with E-state index in [4.69, 9.17) is 5.73 Å². The SMILES string of the molecule is C=C(C(C)=NC(N)=NC)N1Cc2ccccc2C1. The molecule has 1 aromatic carbocycles. The van der Waals surface area contributed by atoms with Crippen molar-refractivity contribution in [3.05, 3.63) is 47.7 Å². The molecule has 4 nitrogen and oxygen atoms in total. The lowest BCUT2D eigenvalue weighted by atomic mass is 10.1. The molecule has 4 heteroatoms. The molecule has 1 heterocycles. The van der Waals surface area contributed by atoms with Gasteiger partial charge in [-0.05, 0) is 18.1 Å². The van der Waals surface area contributed by atoms with Crippen molar-refractivity contribution in [3.63, 3.8) is 0 Å². The number of rotatable bonds is 2. The standard InChI is InChI=1S/C14H18N4/c1-10(17-14(15)16-3)11(2)18-8-12-6-4-5-7-13(12)9-18/h4-7H,2,8-9H2,1,3H3,(H2,15,16). The second kappa shape index (κ2) is 5.04. The van der Waals surface area contributed by atoms with Gasteiger partial charge in [0.1, 0.15) is 0 Å². The predicted molar refractivity (Wildman–Crippen MR) is 75.5 cm³/mol. The van der Waals surface area contributed by atoms with Gasteiger partial charge in [-0.25, -0.2) is 4.99 Å². The number of benzene rings is 1. The van der Waals surface area contributed by atoms with E-state index in [1.54, 1.807) is 7.05 Å². The fraction of sp³-hybridized carbons (Fsp3) is 0.286. The van der Waals surface area contributed by atoms with Crippen molar-refractivity contribution < 1.29 is 0 Å². The highest BCUT2D eigenvalue weighted by molar-refractivity contribution is 6.04. The number of hydrogen-bond donors (Lipinski definition) is 1. The molecule has 2 N–H and O–H groups in total. The van der Waals surface area contributed by atoms with Gasteiger partial charge in [-0.2, -0.15) is 0 Å². The number of hydrogen-bond acceptors (Lipinski definition) is 2. The van der Waals surface area contributed by atoms with E-state index in [9.17, 15) is 0 Å². The number of nitrogens with zero attached hydrogens (tertiary/aromatic N) is 3. The van der Waals surface area contributed by atoms with Crippen LogP contribution in [0.1, 0.15) is 18.1 Å². The van der Waals surface area contributed by atoms with Gasteiger partial charge >= 0.3 is 0 Å². The molecule has 0 fully saturated rings. The second-order valence-electron chi connectivity index (χ2n) is 4.35. The molecule has 0 spiro atoms. The Hall–Kier alpha value is -2.10. The van der Waals surface area contributed by atoms with E-state index in [0.717, 1.165) is 24.5 Å². The molecule has 18 heavy (non-hydrogen) atoms. The van der Waals surface area contributed by atoms with Crippen LogP contribution in [0.25, 0.3) is 0 Å². The van der Waals surface area contributed by atoms with E-state index >= 15 is 0 Å². The first kappa shape index (κ1) is 12.4. The second-order valence-corrected chi connectivity index (χ2v) is 4.35. The molecular weight excluding hydrogens is 224 g/mol. The van der Waals surface area contributed by atoms with Crippen LogP contribution in [0.3, 0.4) is 0 Å². The molecule has 2 rings (SSSR count). The molecule has 1 aliphatic heterocycles. The molecule has 0 saturated heterocycles. The minimum Gasteiger partial charge on any atom is -0.368 e. The summed E-state index contributed by atoms with van der Waals surface area (Å²) in [6.07, 6.45) is 0. The first-order valence-corrected chi connectivity index (χ1v) is 5.90. The van der Waals surface area contributed by atoms with E-state index in [-0.39, 0.29) is 5.96 Å². The Labute approximate surface area is 108 Å². The van der Waals surface area contributed by atoms with Gasteiger partial charge in [0.25, 0.3) is 0 Å². The first-order chi connectivity index (χ1) is 8.61. The van der Waals surface area contributed by atoms with Gasteiger partial charge in [0.2, 0.25) is 5.96 Å². The van der Waals surface area contributed by atoms with E-state index < -0.39 is 0 Å². The van der Waals surface area contributed by atoms with Crippen LogP contribution < -0.4 is 5.73 Å². The molecule has 0 amide bonds.